The normalized spacial score (nSPS) is 10.5. The van der Waals surface area contributed by atoms with Crippen LogP contribution in [0.4, 0.5) is 5.69 Å². The zero-order valence-corrected chi connectivity index (χ0v) is 16.2. The van der Waals surface area contributed by atoms with Gasteiger partial charge in [-0.05, 0) is 36.2 Å². The van der Waals surface area contributed by atoms with Gasteiger partial charge in [-0.25, -0.2) is 0 Å². The molecule has 0 aliphatic rings. The summed E-state index contributed by atoms with van der Waals surface area (Å²) in [5, 5.41) is 6.65. The van der Waals surface area contributed by atoms with Crippen LogP contribution in [0, 0.1) is 0 Å². The van der Waals surface area contributed by atoms with Crippen LogP contribution in [0.15, 0.2) is 85.2 Å². The monoisotopic (exact) mass is 396 g/mol. The highest BCUT2D eigenvalue weighted by atomic mass is 16.2. The van der Waals surface area contributed by atoms with Gasteiger partial charge in [0.05, 0.1) is 11.2 Å². The first-order chi connectivity index (χ1) is 14.7. The number of nitrogens with one attached hydrogen (secondary N) is 2. The summed E-state index contributed by atoms with van der Waals surface area (Å²) < 4.78 is 0. The van der Waals surface area contributed by atoms with Crippen LogP contribution in [-0.4, -0.2) is 28.3 Å². The van der Waals surface area contributed by atoms with E-state index in [0.717, 1.165) is 17.4 Å². The number of anilines is 1. The van der Waals surface area contributed by atoms with Crippen molar-refractivity contribution in [2.24, 2.45) is 0 Å². The van der Waals surface area contributed by atoms with Crippen molar-refractivity contribution in [2.75, 3.05) is 11.9 Å². The number of rotatable bonds is 6. The summed E-state index contributed by atoms with van der Waals surface area (Å²) in [6.45, 7) is 0.489. The third-order valence-electron chi connectivity index (χ3n) is 4.68. The molecule has 2 N–H and O–H groups in total. The fourth-order valence-electron chi connectivity index (χ4n) is 3.15. The minimum Gasteiger partial charge on any atom is -0.350 e. The van der Waals surface area contributed by atoms with Gasteiger partial charge in [-0.2, -0.15) is 0 Å². The summed E-state index contributed by atoms with van der Waals surface area (Å²) in [4.78, 5) is 33.6. The summed E-state index contributed by atoms with van der Waals surface area (Å²) in [6, 6.07) is 22.3. The fraction of sp³-hybridized carbons (Fsp3) is 0.0833. The number of carbonyl (C=O) groups is 2. The van der Waals surface area contributed by atoms with Crippen LogP contribution in [0.3, 0.4) is 0 Å². The molecule has 30 heavy (non-hydrogen) atoms. The lowest BCUT2D eigenvalue weighted by Gasteiger charge is -2.09. The Bertz CT molecular complexity index is 1190. The van der Waals surface area contributed by atoms with E-state index in [-0.39, 0.29) is 17.5 Å². The standard InChI is InChI=1S/C24H20N4O2/c29-23(28-20-10-4-8-18-9-5-13-26-22(18)20)19-12-15-25-21(16-19)24(30)27-14-11-17-6-2-1-3-7-17/h1-10,12-13,15-16H,11,14H2,(H,27,30)(H,28,29). The molecule has 0 atom stereocenters. The first kappa shape index (κ1) is 19.3. The van der Waals surface area contributed by atoms with Gasteiger partial charge in [-0.15, -0.1) is 0 Å². The molecule has 2 aromatic heterocycles. The van der Waals surface area contributed by atoms with E-state index in [4.69, 9.17) is 0 Å². The average Bonchev–Trinajstić information content (AvgIpc) is 2.80. The molecular weight excluding hydrogens is 376 g/mol. The number of hydrogen-bond donors (Lipinski definition) is 2. The number of nitrogens with zero attached hydrogens (tertiary/aromatic N) is 2. The minimum absolute atomic E-state index is 0.201. The van der Waals surface area contributed by atoms with E-state index in [1.807, 2.05) is 54.6 Å². The Morgan fingerprint density at radius 2 is 1.63 bits per heavy atom. The van der Waals surface area contributed by atoms with E-state index in [0.29, 0.717) is 23.3 Å². The summed E-state index contributed by atoms with van der Waals surface area (Å²) in [5.74, 6) is -0.638. The number of pyridine rings is 2. The SMILES string of the molecule is O=C(Nc1cccc2cccnc12)c1ccnc(C(=O)NCCc2ccccc2)c1. The molecule has 0 saturated carbocycles. The van der Waals surface area contributed by atoms with Crippen molar-refractivity contribution in [3.8, 4) is 0 Å². The van der Waals surface area contributed by atoms with Crippen molar-refractivity contribution in [2.45, 2.75) is 6.42 Å². The van der Waals surface area contributed by atoms with Crippen LogP contribution in [0.2, 0.25) is 0 Å². The van der Waals surface area contributed by atoms with E-state index in [1.165, 1.54) is 12.3 Å². The molecule has 2 heterocycles. The highest BCUT2D eigenvalue weighted by Gasteiger charge is 2.13. The topological polar surface area (TPSA) is 84.0 Å². The van der Waals surface area contributed by atoms with Gasteiger partial charge in [0.1, 0.15) is 5.69 Å². The van der Waals surface area contributed by atoms with Crippen LogP contribution in [0.5, 0.6) is 0 Å². The van der Waals surface area contributed by atoms with E-state index in [2.05, 4.69) is 20.6 Å². The molecule has 2 amide bonds. The van der Waals surface area contributed by atoms with Gasteiger partial charge in [0.25, 0.3) is 11.8 Å². The molecule has 148 valence electrons. The predicted molar refractivity (Wildman–Crippen MR) is 116 cm³/mol. The van der Waals surface area contributed by atoms with E-state index >= 15 is 0 Å². The Labute approximate surface area is 174 Å². The van der Waals surface area contributed by atoms with Gasteiger partial charge in [0.15, 0.2) is 0 Å². The molecule has 0 aliphatic heterocycles. The number of fused-ring (bicyclic) bond motifs is 1. The van der Waals surface area contributed by atoms with Crippen molar-refractivity contribution < 1.29 is 9.59 Å². The Hall–Kier alpha value is -4.06. The molecule has 6 heteroatoms. The summed E-state index contributed by atoms with van der Waals surface area (Å²) in [6.07, 6.45) is 3.87. The number of para-hydroxylation sites is 1. The van der Waals surface area contributed by atoms with E-state index in [1.54, 1.807) is 18.3 Å². The Kier molecular flexibility index (Phi) is 5.75. The quantitative estimate of drug-likeness (QED) is 0.518. The highest BCUT2D eigenvalue weighted by molar-refractivity contribution is 6.09. The molecule has 0 fully saturated rings. The average molecular weight is 396 g/mol. The van der Waals surface area contributed by atoms with Crippen LogP contribution >= 0.6 is 0 Å². The van der Waals surface area contributed by atoms with Crippen molar-refractivity contribution in [1.82, 2.24) is 15.3 Å². The minimum atomic E-state index is -0.325. The third kappa shape index (κ3) is 4.50. The van der Waals surface area contributed by atoms with Crippen LogP contribution in [0.25, 0.3) is 10.9 Å². The zero-order valence-electron chi connectivity index (χ0n) is 16.2. The number of aromatic nitrogens is 2. The molecular formula is C24H20N4O2. The number of carbonyl (C=O) groups excluding carboxylic acids is 2. The molecule has 0 radical (unpaired) electrons. The van der Waals surface area contributed by atoms with Gasteiger partial charge < -0.3 is 10.6 Å². The molecule has 0 aliphatic carbocycles. The Morgan fingerprint density at radius 1 is 0.800 bits per heavy atom. The second kappa shape index (κ2) is 8.96. The first-order valence-electron chi connectivity index (χ1n) is 9.64. The van der Waals surface area contributed by atoms with Crippen molar-refractivity contribution in [3.05, 3.63) is 102 Å². The summed E-state index contributed by atoms with van der Waals surface area (Å²) in [7, 11) is 0. The van der Waals surface area contributed by atoms with Gasteiger partial charge >= 0.3 is 0 Å². The number of benzene rings is 2. The molecule has 6 nitrogen and oxygen atoms in total. The van der Waals surface area contributed by atoms with Gasteiger partial charge in [0.2, 0.25) is 0 Å². The lowest BCUT2D eigenvalue weighted by Crippen LogP contribution is -2.27. The number of amides is 2. The second-order valence-corrected chi connectivity index (χ2v) is 6.76. The van der Waals surface area contributed by atoms with Crippen LogP contribution in [-0.2, 0) is 6.42 Å². The summed E-state index contributed by atoms with van der Waals surface area (Å²) >= 11 is 0. The van der Waals surface area contributed by atoms with Crippen LogP contribution < -0.4 is 10.6 Å². The smallest absolute Gasteiger partial charge is 0.269 e. The largest absolute Gasteiger partial charge is 0.350 e. The van der Waals surface area contributed by atoms with E-state index < -0.39 is 0 Å². The number of hydrogen-bond acceptors (Lipinski definition) is 4. The first-order valence-corrected chi connectivity index (χ1v) is 9.64. The third-order valence-corrected chi connectivity index (χ3v) is 4.68. The lowest BCUT2D eigenvalue weighted by atomic mass is 10.1. The second-order valence-electron chi connectivity index (χ2n) is 6.76. The highest BCUT2D eigenvalue weighted by Crippen LogP contribution is 2.21. The molecule has 0 spiro atoms. The molecule has 4 rings (SSSR count). The Morgan fingerprint density at radius 3 is 2.50 bits per heavy atom. The van der Waals surface area contributed by atoms with Crippen molar-refractivity contribution in [1.29, 1.82) is 0 Å². The molecule has 4 aromatic rings. The maximum absolute atomic E-state index is 12.7. The molecule has 0 saturated heterocycles. The molecule has 0 bridgehead atoms. The van der Waals surface area contributed by atoms with Crippen molar-refractivity contribution >= 4 is 28.4 Å². The lowest BCUT2D eigenvalue weighted by molar-refractivity contribution is 0.0949. The zero-order chi connectivity index (χ0) is 20.8. The van der Waals surface area contributed by atoms with E-state index in [9.17, 15) is 9.59 Å². The predicted octanol–water partition coefficient (Wildman–Crippen LogP) is 3.85. The maximum atomic E-state index is 12.7. The maximum Gasteiger partial charge on any atom is 0.269 e. The van der Waals surface area contributed by atoms with Crippen molar-refractivity contribution in [3.63, 3.8) is 0 Å². The fourth-order valence-corrected chi connectivity index (χ4v) is 3.15. The van der Waals surface area contributed by atoms with Gasteiger partial charge in [0, 0.05) is 29.9 Å². The van der Waals surface area contributed by atoms with Crippen LogP contribution in [0.1, 0.15) is 26.4 Å². The summed E-state index contributed by atoms with van der Waals surface area (Å²) in [5.41, 5.74) is 3.02. The van der Waals surface area contributed by atoms with Gasteiger partial charge in [-0.1, -0.05) is 48.5 Å². The molecule has 0 unspecified atom stereocenters. The van der Waals surface area contributed by atoms with Gasteiger partial charge in [-0.3, -0.25) is 19.6 Å². The Balaban J connectivity index is 1.43. The molecule has 2 aromatic carbocycles.